The minimum absolute atomic E-state index is 0.161. The van der Waals surface area contributed by atoms with Crippen LogP contribution in [0.4, 0.5) is 5.69 Å². The maximum Gasteiger partial charge on any atom is 0.338 e. The molecular weight excluding hydrogens is 202 g/mol. The van der Waals surface area contributed by atoms with Crippen molar-refractivity contribution < 1.29 is 23.3 Å². The third-order valence-corrected chi connectivity index (χ3v) is 1.64. The first-order valence-corrected chi connectivity index (χ1v) is 3.80. The van der Waals surface area contributed by atoms with Gasteiger partial charge in [-0.1, -0.05) is 0 Å². The summed E-state index contributed by atoms with van der Waals surface area (Å²) in [7, 11) is -1.66. The van der Waals surface area contributed by atoms with E-state index in [-0.39, 0.29) is 11.3 Å². The quantitative estimate of drug-likeness (QED) is 0.431. The molecule has 0 heterocycles. The fraction of sp³-hybridized carbons (Fsp3) is 0.222. The van der Waals surface area contributed by atoms with Gasteiger partial charge in [-0.3, -0.25) is 10.1 Å². The van der Waals surface area contributed by atoms with Crippen molar-refractivity contribution in [1.82, 2.24) is 0 Å². The number of non-ortho nitro benzene ring substituents is 1. The highest BCUT2D eigenvalue weighted by atomic mass is 16.6. The fourth-order valence-electron chi connectivity index (χ4n) is 0.983. The summed E-state index contributed by atoms with van der Waals surface area (Å²) in [6, 6.07) is 2.95. The summed E-state index contributed by atoms with van der Waals surface area (Å²) in [6.45, 7) is 0. The first kappa shape index (κ1) is 7.22. The van der Waals surface area contributed by atoms with E-state index >= 15 is 0 Å². The lowest BCUT2D eigenvalue weighted by molar-refractivity contribution is -0.385. The van der Waals surface area contributed by atoms with E-state index in [1.165, 1.54) is 0 Å². The molecule has 80 valence electrons. The van der Waals surface area contributed by atoms with Crippen molar-refractivity contribution in [3.63, 3.8) is 0 Å². The van der Waals surface area contributed by atoms with E-state index in [0.717, 1.165) is 25.3 Å². The normalized spacial score (nSPS) is 13.3. The Kier molecular flexibility index (Phi) is 2.12. The SMILES string of the molecule is [2H]C([2H])([2H])Oc1cc(C(=O)OC)cc([N+](=O)[O-])c1. The zero-order chi connectivity index (χ0) is 13.9. The third-order valence-electron chi connectivity index (χ3n) is 1.64. The minimum Gasteiger partial charge on any atom is -0.496 e. The number of hydrogen-bond donors (Lipinski definition) is 0. The van der Waals surface area contributed by atoms with Crippen LogP contribution in [0.5, 0.6) is 5.75 Å². The molecule has 6 nitrogen and oxygen atoms in total. The van der Waals surface area contributed by atoms with Gasteiger partial charge in [-0.05, 0) is 6.07 Å². The molecule has 6 heteroatoms. The minimum atomic E-state index is -2.76. The molecule has 0 atom stereocenters. The van der Waals surface area contributed by atoms with Crippen LogP contribution in [0.2, 0.25) is 0 Å². The molecule has 0 N–H and O–H groups in total. The number of hydrogen-bond acceptors (Lipinski definition) is 5. The third kappa shape index (κ3) is 2.43. The molecule has 1 aromatic rings. The van der Waals surface area contributed by atoms with E-state index in [1.807, 2.05) is 0 Å². The number of nitro groups is 1. The van der Waals surface area contributed by atoms with Crippen molar-refractivity contribution in [2.24, 2.45) is 0 Å². The first-order valence-electron chi connectivity index (χ1n) is 5.30. The molecule has 0 aliphatic heterocycles. The second kappa shape index (κ2) is 4.41. The molecule has 1 rings (SSSR count). The standard InChI is InChI=1S/C9H9NO5/c1-14-8-4-6(9(11)15-2)3-7(5-8)10(12)13/h3-5H,1-2H3/i1D3. The van der Waals surface area contributed by atoms with Gasteiger partial charge in [0, 0.05) is 6.07 Å². The highest BCUT2D eigenvalue weighted by Crippen LogP contribution is 2.22. The lowest BCUT2D eigenvalue weighted by Gasteiger charge is -2.03. The number of ether oxygens (including phenoxy) is 2. The molecule has 0 bridgehead atoms. The van der Waals surface area contributed by atoms with Gasteiger partial charge in [-0.25, -0.2) is 4.79 Å². The Morgan fingerprint density at radius 2 is 2.27 bits per heavy atom. The summed E-state index contributed by atoms with van der Waals surface area (Å²) in [6.07, 6.45) is 0. The van der Waals surface area contributed by atoms with Crippen LogP contribution in [0, 0.1) is 10.1 Å². The van der Waals surface area contributed by atoms with E-state index in [1.54, 1.807) is 0 Å². The Labute approximate surface area is 89.8 Å². The molecule has 0 spiro atoms. The summed E-state index contributed by atoms with van der Waals surface area (Å²) < 4.78 is 29.6. The lowest BCUT2D eigenvalue weighted by atomic mass is 10.2. The Hall–Kier alpha value is -2.11. The van der Waals surface area contributed by atoms with Crippen molar-refractivity contribution in [1.29, 1.82) is 0 Å². The van der Waals surface area contributed by atoms with E-state index < -0.39 is 23.6 Å². The van der Waals surface area contributed by atoms with Crippen molar-refractivity contribution in [3.8, 4) is 5.75 Å². The van der Waals surface area contributed by atoms with Gasteiger partial charge in [0.1, 0.15) is 5.75 Å². The lowest BCUT2D eigenvalue weighted by Crippen LogP contribution is -2.02. The van der Waals surface area contributed by atoms with Crippen molar-refractivity contribution >= 4 is 11.7 Å². The van der Waals surface area contributed by atoms with Crippen LogP contribution in [0.1, 0.15) is 14.5 Å². The number of rotatable bonds is 3. The number of carbonyl (C=O) groups excluding carboxylic acids is 1. The van der Waals surface area contributed by atoms with Gasteiger partial charge in [0.05, 0.1) is 34.8 Å². The van der Waals surface area contributed by atoms with Gasteiger partial charge in [0.15, 0.2) is 0 Å². The summed E-state index contributed by atoms with van der Waals surface area (Å²) >= 11 is 0. The Bertz CT molecular complexity index is 486. The molecule has 0 aliphatic carbocycles. The van der Waals surface area contributed by atoms with Crippen LogP contribution in [0.15, 0.2) is 18.2 Å². The zero-order valence-corrected chi connectivity index (χ0v) is 7.72. The molecule has 0 unspecified atom stereocenters. The van der Waals surface area contributed by atoms with E-state index in [9.17, 15) is 14.9 Å². The highest BCUT2D eigenvalue weighted by molar-refractivity contribution is 5.90. The zero-order valence-electron chi connectivity index (χ0n) is 10.7. The molecule has 1 aromatic carbocycles. The van der Waals surface area contributed by atoms with Crippen LogP contribution in [0.3, 0.4) is 0 Å². The van der Waals surface area contributed by atoms with Crippen molar-refractivity contribution in [2.75, 3.05) is 14.1 Å². The number of esters is 1. The maximum absolute atomic E-state index is 11.3. The fourth-order valence-corrected chi connectivity index (χ4v) is 0.983. The molecule has 15 heavy (non-hydrogen) atoms. The summed E-state index contributed by atoms with van der Waals surface area (Å²) in [5.41, 5.74) is -0.622. The predicted molar refractivity (Wildman–Crippen MR) is 51.0 cm³/mol. The molecule has 0 radical (unpaired) electrons. The summed E-state index contributed by atoms with van der Waals surface area (Å²) in [4.78, 5) is 21.1. The van der Waals surface area contributed by atoms with E-state index in [4.69, 9.17) is 4.11 Å². The van der Waals surface area contributed by atoms with Gasteiger partial charge >= 0.3 is 5.97 Å². The number of carbonyl (C=O) groups is 1. The first-order chi connectivity index (χ1) is 8.23. The van der Waals surface area contributed by atoms with E-state index in [2.05, 4.69) is 9.47 Å². The maximum atomic E-state index is 11.3. The summed E-state index contributed by atoms with van der Waals surface area (Å²) in [5.74, 6) is -1.13. The van der Waals surface area contributed by atoms with Crippen LogP contribution >= 0.6 is 0 Å². The highest BCUT2D eigenvalue weighted by Gasteiger charge is 2.14. The predicted octanol–water partition coefficient (Wildman–Crippen LogP) is 1.39. The van der Waals surface area contributed by atoms with Crippen LogP contribution in [-0.4, -0.2) is 25.0 Å². The van der Waals surface area contributed by atoms with Crippen LogP contribution in [0.25, 0.3) is 0 Å². The van der Waals surface area contributed by atoms with E-state index in [0.29, 0.717) is 0 Å². The average Bonchev–Trinajstić information content (AvgIpc) is 2.25. The molecule has 0 saturated heterocycles. The Morgan fingerprint density at radius 3 is 2.80 bits per heavy atom. The Morgan fingerprint density at radius 1 is 1.53 bits per heavy atom. The summed E-state index contributed by atoms with van der Waals surface area (Å²) in [5, 5.41) is 10.6. The van der Waals surface area contributed by atoms with Crippen molar-refractivity contribution in [2.45, 2.75) is 0 Å². The van der Waals surface area contributed by atoms with Crippen LogP contribution < -0.4 is 4.74 Å². The largest absolute Gasteiger partial charge is 0.496 e. The second-order valence-corrected chi connectivity index (χ2v) is 2.57. The second-order valence-electron chi connectivity index (χ2n) is 2.57. The topological polar surface area (TPSA) is 78.7 Å². The van der Waals surface area contributed by atoms with Gasteiger partial charge < -0.3 is 9.47 Å². The van der Waals surface area contributed by atoms with Crippen LogP contribution in [-0.2, 0) is 4.74 Å². The number of methoxy groups -OCH3 is 2. The van der Waals surface area contributed by atoms with Gasteiger partial charge in [-0.2, -0.15) is 0 Å². The number of nitrogens with zero attached hydrogens (tertiary/aromatic N) is 1. The smallest absolute Gasteiger partial charge is 0.338 e. The molecule has 0 saturated carbocycles. The molecule has 0 aliphatic rings. The molecule has 0 aromatic heterocycles. The molecule has 0 amide bonds. The average molecular weight is 214 g/mol. The molecule has 0 fully saturated rings. The monoisotopic (exact) mass is 214 g/mol. The van der Waals surface area contributed by atoms with Crippen molar-refractivity contribution in [3.05, 3.63) is 33.9 Å². The Balaban J connectivity index is 3.22. The van der Waals surface area contributed by atoms with Gasteiger partial charge in [0.25, 0.3) is 5.69 Å². The number of benzene rings is 1. The molecular formula is C9H9NO5. The van der Waals surface area contributed by atoms with Gasteiger partial charge in [0.2, 0.25) is 0 Å². The number of nitro benzene ring substituents is 1. The van der Waals surface area contributed by atoms with Gasteiger partial charge in [-0.15, -0.1) is 0 Å².